The van der Waals surface area contributed by atoms with Gasteiger partial charge in [0.1, 0.15) is 5.75 Å². The molecule has 0 aromatic heterocycles. The van der Waals surface area contributed by atoms with E-state index in [0.29, 0.717) is 31.9 Å². The molecule has 4 nitrogen and oxygen atoms in total. The zero-order chi connectivity index (χ0) is 26.8. The van der Waals surface area contributed by atoms with Gasteiger partial charge < -0.3 is 14.7 Å². The fourth-order valence-corrected chi connectivity index (χ4v) is 5.58. The zero-order valence-electron chi connectivity index (χ0n) is 24.0. The molecule has 0 saturated heterocycles. The fourth-order valence-electron chi connectivity index (χ4n) is 5.58. The first kappa shape index (κ1) is 28.2. The lowest BCUT2D eigenvalue weighted by Gasteiger charge is -2.32. The maximum atomic E-state index is 13.6. The molecule has 198 valence electrons. The highest BCUT2D eigenvalue weighted by Gasteiger charge is 2.37. The summed E-state index contributed by atoms with van der Waals surface area (Å²) in [7, 11) is 0. The largest absolute Gasteiger partial charge is 0.492 e. The molecular formula is C32H47NO3. The number of hydrogen-bond acceptors (Lipinski definition) is 3. The van der Waals surface area contributed by atoms with Crippen molar-refractivity contribution in [3.05, 3.63) is 57.6 Å². The summed E-state index contributed by atoms with van der Waals surface area (Å²) < 4.78 is 6.38. The molecule has 0 fully saturated rings. The number of anilines is 1. The number of aliphatic hydroxyl groups is 1. The minimum atomic E-state index is -0.619. The summed E-state index contributed by atoms with van der Waals surface area (Å²) in [5, 5.41) is 11.3. The lowest BCUT2D eigenvalue weighted by molar-refractivity contribution is -0.120. The number of aliphatic hydroxyl groups excluding tert-OH is 1. The number of nitrogens with zero attached hydrogens (tertiary/aromatic N) is 1. The number of carbonyl (C=O) groups excluding carboxylic acids is 1. The van der Waals surface area contributed by atoms with E-state index in [0.717, 1.165) is 46.5 Å². The second-order valence-corrected chi connectivity index (χ2v) is 12.0. The number of amides is 1. The first-order valence-electron chi connectivity index (χ1n) is 13.8. The third-order valence-corrected chi connectivity index (χ3v) is 7.35. The van der Waals surface area contributed by atoms with Crippen LogP contribution in [0.15, 0.2) is 24.3 Å². The molecule has 1 N–H and O–H groups in total. The van der Waals surface area contributed by atoms with Gasteiger partial charge in [-0.3, -0.25) is 4.79 Å². The quantitative estimate of drug-likeness (QED) is 0.385. The van der Waals surface area contributed by atoms with Crippen molar-refractivity contribution in [1.82, 2.24) is 0 Å². The monoisotopic (exact) mass is 493 g/mol. The number of hydrogen-bond donors (Lipinski definition) is 1. The van der Waals surface area contributed by atoms with E-state index in [1.165, 1.54) is 11.1 Å². The van der Waals surface area contributed by atoms with Crippen LogP contribution in [-0.2, 0) is 4.79 Å². The van der Waals surface area contributed by atoms with Crippen LogP contribution in [0.4, 0.5) is 5.69 Å². The van der Waals surface area contributed by atoms with E-state index in [1.807, 2.05) is 4.90 Å². The molecule has 2 unspecified atom stereocenters. The van der Waals surface area contributed by atoms with Crippen molar-refractivity contribution in [3.8, 4) is 5.75 Å². The summed E-state index contributed by atoms with van der Waals surface area (Å²) in [5.74, 6) is 1.53. The summed E-state index contributed by atoms with van der Waals surface area (Å²) in [6, 6.07) is 8.86. The molecule has 1 heterocycles. The van der Waals surface area contributed by atoms with Gasteiger partial charge in [-0.15, -0.1) is 0 Å². The van der Waals surface area contributed by atoms with Gasteiger partial charge >= 0.3 is 0 Å². The molecule has 1 aliphatic rings. The van der Waals surface area contributed by atoms with Gasteiger partial charge in [-0.1, -0.05) is 79.2 Å². The van der Waals surface area contributed by atoms with Crippen LogP contribution in [0.1, 0.15) is 125 Å². The number of ether oxygens (including phenoxy) is 1. The van der Waals surface area contributed by atoms with Gasteiger partial charge in [0, 0.05) is 30.0 Å². The SMILES string of the molecule is CCCC(O)c1c(C)c(N(CCC)C(=O)CC(C)(C)C)c(C)c2c1OCC2c1ccc(C(C)C)cc1. The highest BCUT2D eigenvalue weighted by molar-refractivity contribution is 5.96. The molecule has 1 aliphatic heterocycles. The molecule has 1 amide bonds. The van der Waals surface area contributed by atoms with Crippen LogP contribution in [-0.4, -0.2) is 24.2 Å². The van der Waals surface area contributed by atoms with Crippen molar-refractivity contribution in [3.63, 3.8) is 0 Å². The van der Waals surface area contributed by atoms with E-state index in [9.17, 15) is 9.90 Å². The predicted molar refractivity (Wildman–Crippen MR) is 150 cm³/mol. The van der Waals surface area contributed by atoms with Crippen molar-refractivity contribution in [1.29, 1.82) is 0 Å². The molecule has 2 aromatic rings. The predicted octanol–water partition coefficient (Wildman–Crippen LogP) is 7.96. The van der Waals surface area contributed by atoms with Gasteiger partial charge in [0.2, 0.25) is 5.91 Å². The number of carbonyl (C=O) groups is 1. The van der Waals surface area contributed by atoms with Crippen LogP contribution in [0.2, 0.25) is 0 Å². The molecule has 4 heteroatoms. The number of fused-ring (bicyclic) bond motifs is 1. The number of benzene rings is 2. The Labute approximate surface area is 219 Å². The molecule has 0 radical (unpaired) electrons. The molecule has 0 aliphatic carbocycles. The van der Waals surface area contributed by atoms with Crippen molar-refractivity contribution >= 4 is 11.6 Å². The molecule has 0 spiro atoms. The summed E-state index contributed by atoms with van der Waals surface area (Å²) in [6.07, 6.45) is 2.27. The maximum absolute atomic E-state index is 13.6. The van der Waals surface area contributed by atoms with Gasteiger partial charge in [-0.05, 0) is 60.3 Å². The average molecular weight is 494 g/mol. The Hall–Kier alpha value is -2.33. The van der Waals surface area contributed by atoms with Crippen molar-refractivity contribution < 1.29 is 14.6 Å². The minimum Gasteiger partial charge on any atom is -0.492 e. The van der Waals surface area contributed by atoms with E-state index < -0.39 is 6.10 Å². The van der Waals surface area contributed by atoms with Crippen molar-refractivity contribution in [2.45, 2.75) is 106 Å². The highest BCUT2D eigenvalue weighted by atomic mass is 16.5. The van der Waals surface area contributed by atoms with Gasteiger partial charge in [0.15, 0.2) is 0 Å². The van der Waals surface area contributed by atoms with Crippen molar-refractivity contribution in [2.75, 3.05) is 18.1 Å². The van der Waals surface area contributed by atoms with Crippen LogP contribution < -0.4 is 9.64 Å². The zero-order valence-corrected chi connectivity index (χ0v) is 24.0. The topological polar surface area (TPSA) is 49.8 Å². The molecule has 0 saturated carbocycles. The third-order valence-electron chi connectivity index (χ3n) is 7.35. The molecule has 0 bridgehead atoms. The first-order chi connectivity index (χ1) is 16.9. The van der Waals surface area contributed by atoms with Crippen molar-refractivity contribution in [2.24, 2.45) is 5.41 Å². The lowest BCUT2D eigenvalue weighted by Crippen LogP contribution is -2.35. The molecule has 3 rings (SSSR count). The van der Waals surface area contributed by atoms with E-state index >= 15 is 0 Å². The van der Waals surface area contributed by atoms with Gasteiger partial charge in [-0.2, -0.15) is 0 Å². The molecule has 2 aromatic carbocycles. The smallest absolute Gasteiger partial charge is 0.227 e. The van der Waals surface area contributed by atoms with Crippen LogP contribution in [0.25, 0.3) is 0 Å². The third kappa shape index (κ3) is 5.80. The molecular weight excluding hydrogens is 446 g/mol. The second kappa shape index (κ2) is 11.4. The highest BCUT2D eigenvalue weighted by Crippen LogP contribution is 2.50. The van der Waals surface area contributed by atoms with Gasteiger partial charge in [0.05, 0.1) is 18.4 Å². The number of rotatable bonds is 9. The Balaban J connectivity index is 2.23. The lowest BCUT2D eigenvalue weighted by atomic mass is 9.83. The Morgan fingerprint density at radius 3 is 2.25 bits per heavy atom. The average Bonchev–Trinajstić information content (AvgIpc) is 3.22. The summed E-state index contributed by atoms with van der Waals surface area (Å²) >= 11 is 0. The van der Waals surface area contributed by atoms with Gasteiger partial charge in [-0.25, -0.2) is 0 Å². The summed E-state index contributed by atoms with van der Waals surface area (Å²) in [4.78, 5) is 15.6. The Kier molecular flexibility index (Phi) is 8.93. The first-order valence-corrected chi connectivity index (χ1v) is 13.8. The Bertz CT molecular complexity index is 1060. The summed E-state index contributed by atoms with van der Waals surface area (Å²) in [5.41, 5.74) is 7.45. The van der Waals surface area contributed by atoms with E-state index in [-0.39, 0.29) is 17.2 Å². The Morgan fingerprint density at radius 2 is 1.72 bits per heavy atom. The molecule has 36 heavy (non-hydrogen) atoms. The summed E-state index contributed by atoms with van der Waals surface area (Å²) in [6.45, 7) is 20.3. The van der Waals surface area contributed by atoms with Crippen LogP contribution in [0, 0.1) is 19.3 Å². The van der Waals surface area contributed by atoms with E-state index in [2.05, 4.69) is 86.6 Å². The van der Waals surface area contributed by atoms with E-state index in [4.69, 9.17) is 4.74 Å². The maximum Gasteiger partial charge on any atom is 0.227 e. The fraction of sp³-hybridized carbons (Fsp3) is 0.594. The normalized spacial score (nSPS) is 16.1. The minimum absolute atomic E-state index is 0.0781. The van der Waals surface area contributed by atoms with Crippen LogP contribution in [0.3, 0.4) is 0 Å². The van der Waals surface area contributed by atoms with Crippen LogP contribution >= 0.6 is 0 Å². The molecule has 2 atom stereocenters. The Morgan fingerprint density at radius 1 is 1.08 bits per heavy atom. The standard InChI is InChI=1S/C32H47NO3/c1-10-12-26(34)29-22(6)30(33(17-11-2)27(35)18-32(7,8)9)21(5)28-25(19-36-31(28)29)24-15-13-23(14-16-24)20(3)4/h13-16,20,25-26,34H,10-12,17-19H2,1-9H3. The van der Waals surface area contributed by atoms with E-state index in [1.54, 1.807) is 0 Å². The van der Waals surface area contributed by atoms with Crippen LogP contribution in [0.5, 0.6) is 5.75 Å². The second-order valence-electron chi connectivity index (χ2n) is 12.0. The van der Waals surface area contributed by atoms with Gasteiger partial charge in [0.25, 0.3) is 0 Å².